The quantitative estimate of drug-likeness (QED) is 0.389. The van der Waals surface area contributed by atoms with E-state index in [1.165, 1.54) is 0 Å². The third kappa shape index (κ3) is 3.15. The van der Waals surface area contributed by atoms with Gasteiger partial charge in [0, 0.05) is 41.0 Å². The van der Waals surface area contributed by atoms with Crippen LogP contribution in [0.3, 0.4) is 0 Å². The molecule has 0 saturated heterocycles. The molecule has 0 radical (unpaired) electrons. The molecule has 1 unspecified atom stereocenters. The smallest absolute Gasteiger partial charge is 0.260 e. The highest BCUT2D eigenvalue weighted by atomic mass is 16.2. The maximum Gasteiger partial charge on any atom is 0.260 e. The minimum absolute atomic E-state index is 0.136. The number of rotatable bonds is 7. The second-order valence-corrected chi connectivity index (χ2v) is 7.70. The molecule has 9 heteroatoms. The number of amides is 3. The number of nitrogens with zero attached hydrogens (tertiary/aromatic N) is 3. The van der Waals surface area contributed by atoms with E-state index in [4.69, 9.17) is 0 Å². The fraction of sp³-hybridized carbons (Fsp3) is 0.174. The maximum atomic E-state index is 13.2. The molecule has 1 aromatic carbocycles. The molecule has 0 bridgehead atoms. The third-order valence-corrected chi connectivity index (χ3v) is 5.74. The minimum atomic E-state index is -0.373. The fourth-order valence-electron chi connectivity index (χ4n) is 4.18. The number of carbonyl (C=O) groups is 3. The monoisotopic (exact) mass is 428 g/mol. The first-order valence-electron chi connectivity index (χ1n) is 10.3. The SMILES string of the molecule is CC(CCC(=O)NC=O)N1C(=O)c2cccc3c(Nc4c[nH]c5ncccc45)cnc1c23. The molecular weight excluding hydrogens is 408 g/mol. The molecule has 4 aromatic rings. The Morgan fingerprint density at radius 3 is 2.88 bits per heavy atom. The van der Waals surface area contributed by atoms with Crippen LogP contribution in [0.1, 0.15) is 30.1 Å². The van der Waals surface area contributed by atoms with Crippen LogP contribution in [0.2, 0.25) is 0 Å². The Kier molecular flexibility index (Phi) is 4.78. The number of nitrogens with one attached hydrogen (secondary N) is 3. The zero-order valence-electron chi connectivity index (χ0n) is 17.3. The highest BCUT2D eigenvalue weighted by Gasteiger charge is 2.35. The van der Waals surface area contributed by atoms with E-state index in [1.807, 2.05) is 37.4 Å². The number of carbonyl (C=O) groups excluding carboxylic acids is 3. The first kappa shape index (κ1) is 19.7. The molecule has 9 nitrogen and oxygen atoms in total. The van der Waals surface area contributed by atoms with Gasteiger partial charge in [0.25, 0.3) is 5.91 Å². The van der Waals surface area contributed by atoms with Gasteiger partial charge < -0.3 is 10.3 Å². The van der Waals surface area contributed by atoms with Crippen LogP contribution in [0.4, 0.5) is 17.2 Å². The van der Waals surface area contributed by atoms with E-state index in [1.54, 1.807) is 23.4 Å². The number of hydrogen-bond acceptors (Lipinski definition) is 6. The van der Waals surface area contributed by atoms with Crippen molar-refractivity contribution in [2.24, 2.45) is 0 Å². The van der Waals surface area contributed by atoms with E-state index in [9.17, 15) is 14.4 Å². The van der Waals surface area contributed by atoms with Gasteiger partial charge in [0.15, 0.2) is 0 Å². The number of aromatic nitrogens is 3. The number of benzene rings is 1. The average Bonchev–Trinajstić information content (AvgIpc) is 3.34. The highest BCUT2D eigenvalue weighted by molar-refractivity contribution is 6.26. The number of imide groups is 1. The van der Waals surface area contributed by atoms with Gasteiger partial charge in [-0.2, -0.15) is 0 Å². The minimum Gasteiger partial charge on any atom is -0.352 e. The van der Waals surface area contributed by atoms with E-state index < -0.39 is 0 Å². The standard InChI is InChI=1S/C23H20N6O3/c1-13(7-8-19(31)27-12-30)29-22-20-14(4-2-5-16(20)23(29)32)17(11-26-22)28-18-10-25-21-15(18)6-3-9-24-21/h2-6,9-13,28H,7-8H2,1H3,(H,24,25)(H,27,30,31). The molecule has 0 spiro atoms. The largest absolute Gasteiger partial charge is 0.352 e. The number of pyridine rings is 2. The Morgan fingerprint density at radius 1 is 1.19 bits per heavy atom. The van der Waals surface area contributed by atoms with Crippen molar-refractivity contribution in [1.82, 2.24) is 20.3 Å². The van der Waals surface area contributed by atoms with Crippen molar-refractivity contribution in [1.29, 1.82) is 0 Å². The second-order valence-electron chi connectivity index (χ2n) is 7.70. The van der Waals surface area contributed by atoms with Gasteiger partial charge >= 0.3 is 0 Å². The van der Waals surface area contributed by atoms with Crippen LogP contribution < -0.4 is 15.5 Å². The van der Waals surface area contributed by atoms with Crippen molar-refractivity contribution >= 4 is 57.2 Å². The normalized spacial score (nSPS) is 13.5. The Balaban J connectivity index is 1.50. The lowest BCUT2D eigenvalue weighted by molar-refractivity contribution is -0.125. The van der Waals surface area contributed by atoms with Gasteiger partial charge in [-0.1, -0.05) is 12.1 Å². The Hall–Kier alpha value is -4.27. The van der Waals surface area contributed by atoms with Crippen molar-refractivity contribution in [2.75, 3.05) is 10.2 Å². The molecule has 5 rings (SSSR count). The molecule has 3 amide bonds. The van der Waals surface area contributed by atoms with Gasteiger partial charge in [0.1, 0.15) is 11.5 Å². The second kappa shape index (κ2) is 7.77. The summed E-state index contributed by atoms with van der Waals surface area (Å²) >= 11 is 0. The number of hydrogen-bond donors (Lipinski definition) is 3. The summed E-state index contributed by atoms with van der Waals surface area (Å²) in [6, 6.07) is 9.19. The van der Waals surface area contributed by atoms with Gasteiger partial charge in [-0.15, -0.1) is 0 Å². The summed E-state index contributed by atoms with van der Waals surface area (Å²) in [4.78, 5) is 49.0. The molecule has 0 aliphatic carbocycles. The molecule has 1 aliphatic heterocycles. The summed E-state index contributed by atoms with van der Waals surface area (Å²) in [6.45, 7) is 1.87. The zero-order valence-corrected chi connectivity index (χ0v) is 17.3. The lowest BCUT2D eigenvalue weighted by Crippen LogP contribution is -2.37. The van der Waals surface area contributed by atoms with E-state index in [0.717, 1.165) is 33.2 Å². The van der Waals surface area contributed by atoms with Crippen LogP contribution in [-0.4, -0.2) is 39.2 Å². The summed E-state index contributed by atoms with van der Waals surface area (Å²) < 4.78 is 0. The van der Waals surface area contributed by atoms with E-state index in [-0.39, 0.29) is 24.3 Å². The summed E-state index contributed by atoms with van der Waals surface area (Å²) in [6.07, 6.45) is 6.21. The van der Waals surface area contributed by atoms with Crippen LogP contribution >= 0.6 is 0 Å². The number of fused-ring (bicyclic) bond motifs is 1. The molecule has 3 N–H and O–H groups in total. The number of H-pyrrole nitrogens is 1. The zero-order chi connectivity index (χ0) is 22.2. The Labute approximate surface area is 182 Å². The van der Waals surface area contributed by atoms with Crippen molar-refractivity contribution < 1.29 is 14.4 Å². The highest BCUT2D eigenvalue weighted by Crippen LogP contribution is 2.41. The molecule has 3 aromatic heterocycles. The lowest BCUT2D eigenvalue weighted by Gasteiger charge is -2.24. The van der Waals surface area contributed by atoms with Gasteiger partial charge in [0.05, 0.1) is 23.1 Å². The number of aromatic amines is 1. The van der Waals surface area contributed by atoms with Crippen LogP contribution in [0, 0.1) is 0 Å². The Morgan fingerprint density at radius 2 is 2.03 bits per heavy atom. The third-order valence-electron chi connectivity index (χ3n) is 5.74. The molecule has 4 heterocycles. The Bertz CT molecular complexity index is 1380. The van der Waals surface area contributed by atoms with Crippen LogP contribution in [0.15, 0.2) is 48.9 Å². The summed E-state index contributed by atoms with van der Waals surface area (Å²) in [5, 5.41) is 8.16. The van der Waals surface area contributed by atoms with Crippen LogP contribution in [0.25, 0.3) is 21.8 Å². The predicted octanol–water partition coefficient (Wildman–Crippen LogP) is 3.26. The van der Waals surface area contributed by atoms with E-state index in [2.05, 4.69) is 25.6 Å². The molecule has 32 heavy (non-hydrogen) atoms. The van der Waals surface area contributed by atoms with Crippen LogP contribution in [-0.2, 0) is 9.59 Å². The van der Waals surface area contributed by atoms with Crippen molar-refractivity contribution in [3.8, 4) is 0 Å². The number of anilines is 3. The first-order valence-corrected chi connectivity index (χ1v) is 10.3. The lowest BCUT2D eigenvalue weighted by atomic mass is 10.1. The first-order chi connectivity index (χ1) is 15.6. The topological polar surface area (TPSA) is 120 Å². The van der Waals surface area contributed by atoms with E-state index in [0.29, 0.717) is 24.2 Å². The van der Waals surface area contributed by atoms with E-state index >= 15 is 0 Å². The average molecular weight is 428 g/mol. The molecule has 0 saturated carbocycles. The van der Waals surface area contributed by atoms with Crippen molar-refractivity contribution in [3.05, 3.63) is 54.5 Å². The summed E-state index contributed by atoms with van der Waals surface area (Å²) in [5.74, 6) is 0.0618. The summed E-state index contributed by atoms with van der Waals surface area (Å²) in [5.41, 5.74) is 3.01. The molecule has 160 valence electrons. The van der Waals surface area contributed by atoms with Crippen molar-refractivity contribution in [2.45, 2.75) is 25.8 Å². The van der Waals surface area contributed by atoms with Gasteiger partial charge in [-0.25, -0.2) is 9.97 Å². The summed E-state index contributed by atoms with van der Waals surface area (Å²) in [7, 11) is 0. The molecule has 1 aliphatic rings. The van der Waals surface area contributed by atoms with Gasteiger partial charge in [-0.3, -0.25) is 24.6 Å². The molecular formula is C23H20N6O3. The molecule has 0 fully saturated rings. The molecule has 1 atom stereocenters. The van der Waals surface area contributed by atoms with Crippen LogP contribution in [0.5, 0.6) is 0 Å². The predicted molar refractivity (Wildman–Crippen MR) is 121 cm³/mol. The van der Waals surface area contributed by atoms with Gasteiger partial charge in [0.2, 0.25) is 12.3 Å². The maximum absolute atomic E-state index is 13.2. The van der Waals surface area contributed by atoms with Gasteiger partial charge in [-0.05, 0) is 31.5 Å². The fourth-order valence-corrected chi connectivity index (χ4v) is 4.18. The van der Waals surface area contributed by atoms with Crippen molar-refractivity contribution in [3.63, 3.8) is 0 Å².